The van der Waals surface area contributed by atoms with E-state index in [1.165, 1.54) is 0 Å². The van der Waals surface area contributed by atoms with Crippen molar-refractivity contribution in [2.45, 2.75) is 89.1 Å². The number of aliphatic hydroxyl groups is 2. The van der Waals surface area contributed by atoms with Crippen LogP contribution in [0.5, 0.6) is 0 Å². The van der Waals surface area contributed by atoms with Crippen molar-refractivity contribution in [1.29, 1.82) is 0 Å². The van der Waals surface area contributed by atoms with Gasteiger partial charge in [-0.25, -0.2) is 0 Å². The smallest absolute Gasteiger partial charge is 0.332 e. The number of rotatable bonds is 8. The molecule has 0 radical (unpaired) electrons. The van der Waals surface area contributed by atoms with E-state index >= 15 is 0 Å². The maximum atomic E-state index is 12.5. The third-order valence-corrected chi connectivity index (χ3v) is 19.1. The van der Waals surface area contributed by atoms with Gasteiger partial charge in [-0.2, -0.15) is 0 Å². The highest BCUT2D eigenvalue weighted by molar-refractivity contribution is 7.00. The Labute approximate surface area is 306 Å². The Morgan fingerprint density at radius 2 is 0.902 bits per heavy atom. The van der Waals surface area contributed by atoms with Crippen LogP contribution in [0.4, 0.5) is 0 Å². The number of hydrogen-bond donors (Lipinski definition) is 2. The predicted octanol–water partition coefficient (Wildman–Crippen LogP) is 5.30. The van der Waals surface area contributed by atoms with Crippen LogP contribution in [0, 0.1) is 24.1 Å². The van der Waals surface area contributed by atoms with Crippen LogP contribution in [-0.2, 0) is 18.3 Å². The summed E-state index contributed by atoms with van der Waals surface area (Å²) in [6.07, 6.45) is 3.87. The zero-order chi connectivity index (χ0) is 37.0. The van der Waals surface area contributed by atoms with Gasteiger partial charge in [-0.15, -0.1) is 0 Å². The van der Waals surface area contributed by atoms with Gasteiger partial charge in [0, 0.05) is 10.1 Å². The quantitative estimate of drug-likeness (QED) is 0.190. The van der Waals surface area contributed by atoms with Gasteiger partial charge in [-0.3, -0.25) is 0 Å². The Hall–Kier alpha value is -4.13. The number of hydrogen-bond acceptors (Lipinski definition) is 6. The first-order valence-electron chi connectivity index (χ1n) is 17.4. The summed E-state index contributed by atoms with van der Waals surface area (Å²) < 4.78 is 25.9. The van der Waals surface area contributed by atoms with E-state index in [2.05, 4.69) is 114 Å². The highest BCUT2D eigenvalue weighted by Gasteiger charge is 2.55. The topological polar surface area (TPSA) is 77.4 Å². The minimum atomic E-state index is -3.10. The van der Waals surface area contributed by atoms with Gasteiger partial charge < -0.3 is 28.5 Å². The molecule has 1 aliphatic rings. The molecule has 0 saturated carbocycles. The molecule has 0 aliphatic carbocycles. The van der Waals surface area contributed by atoms with Gasteiger partial charge in [0.05, 0.1) is 18.8 Å². The van der Waals surface area contributed by atoms with Gasteiger partial charge in [-0.1, -0.05) is 163 Å². The van der Waals surface area contributed by atoms with E-state index in [0.29, 0.717) is 0 Å². The first kappa shape index (κ1) is 38.1. The zero-order valence-electron chi connectivity index (χ0n) is 30.9. The monoisotopic (exact) mass is 718 g/mol. The van der Waals surface area contributed by atoms with E-state index in [0.717, 1.165) is 20.7 Å². The maximum absolute atomic E-state index is 12.5. The number of benzene rings is 4. The second-order valence-electron chi connectivity index (χ2n) is 15.5. The first-order valence-corrected chi connectivity index (χ1v) is 21.2. The molecule has 4 aromatic rings. The standard InChI is InChI=1S/C43H50O6Si2/c1-40(2,3)50(34-21-13-9-14-22-34,35-23-15-10-16-24-35)46-31-29-43(45,39-38(33-44)48-42(7,8)49-39)30-32-47-51(41(4,5)6,36-25-17-11-18-26-36)37-27-19-12-20-28-37/h9-28,38-39,44-45H,33H2,1-8H3/t38-,39+/m0/s1. The molecule has 0 spiro atoms. The van der Waals surface area contributed by atoms with Crippen LogP contribution in [0.2, 0.25) is 10.1 Å². The normalized spacial score (nSPS) is 17.8. The van der Waals surface area contributed by atoms with Gasteiger partial charge in [0.15, 0.2) is 5.79 Å². The second-order valence-corrected chi connectivity index (χ2v) is 24.0. The lowest BCUT2D eigenvalue weighted by Gasteiger charge is -2.41. The molecule has 0 bridgehead atoms. The molecule has 1 aliphatic heterocycles. The van der Waals surface area contributed by atoms with Crippen molar-refractivity contribution in [3.8, 4) is 24.1 Å². The van der Waals surface area contributed by atoms with E-state index < -0.39 is 46.8 Å². The van der Waals surface area contributed by atoms with E-state index in [4.69, 9.17) is 18.3 Å². The molecule has 0 unspecified atom stereocenters. The Morgan fingerprint density at radius 3 is 1.18 bits per heavy atom. The van der Waals surface area contributed by atoms with Gasteiger partial charge in [0.2, 0.25) is 5.60 Å². The van der Waals surface area contributed by atoms with Crippen LogP contribution in [0.15, 0.2) is 121 Å². The average molecular weight is 719 g/mol. The van der Waals surface area contributed by atoms with Gasteiger partial charge in [-0.05, 0) is 46.4 Å². The highest BCUT2D eigenvalue weighted by atomic mass is 28.4. The summed E-state index contributed by atoms with van der Waals surface area (Å²) in [4.78, 5) is 0. The van der Waals surface area contributed by atoms with Gasteiger partial charge >= 0.3 is 16.6 Å². The second kappa shape index (κ2) is 14.8. The summed E-state index contributed by atoms with van der Waals surface area (Å²) in [5.74, 6) is 4.85. The fraction of sp³-hybridized carbons (Fsp3) is 0.349. The van der Waals surface area contributed by atoms with E-state index in [1.807, 2.05) is 72.8 Å². The Bertz CT molecular complexity index is 1660. The van der Waals surface area contributed by atoms with E-state index in [9.17, 15) is 10.2 Å². The lowest BCUT2D eigenvalue weighted by Crippen LogP contribution is -2.66. The highest BCUT2D eigenvalue weighted by Crippen LogP contribution is 2.39. The van der Waals surface area contributed by atoms with Crippen LogP contribution < -0.4 is 20.7 Å². The van der Waals surface area contributed by atoms with Crippen LogP contribution in [0.3, 0.4) is 0 Å². The molecule has 266 valence electrons. The average Bonchev–Trinajstić information content (AvgIpc) is 3.44. The third kappa shape index (κ3) is 7.59. The van der Waals surface area contributed by atoms with Crippen LogP contribution in [0.25, 0.3) is 0 Å². The minimum absolute atomic E-state index is 0.358. The van der Waals surface area contributed by atoms with Crippen molar-refractivity contribution in [1.82, 2.24) is 0 Å². The number of aliphatic hydroxyl groups excluding tert-OH is 1. The van der Waals surface area contributed by atoms with Crippen LogP contribution in [0.1, 0.15) is 55.4 Å². The fourth-order valence-electron chi connectivity index (χ4n) is 7.16. The molecule has 0 amide bonds. The Morgan fingerprint density at radius 1 is 0.588 bits per heavy atom. The summed E-state index contributed by atoms with van der Waals surface area (Å²) in [6, 6.07) is 40.6. The third-order valence-electron chi connectivity index (χ3n) is 9.50. The number of ether oxygens (including phenoxy) is 2. The molecule has 4 aromatic carbocycles. The molecule has 51 heavy (non-hydrogen) atoms. The van der Waals surface area contributed by atoms with Crippen LogP contribution >= 0.6 is 0 Å². The molecule has 1 saturated heterocycles. The molecule has 1 fully saturated rings. The minimum Gasteiger partial charge on any atom is -0.489 e. The summed E-state index contributed by atoms with van der Waals surface area (Å²) >= 11 is 0. The molecule has 8 heteroatoms. The van der Waals surface area contributed by atoms with Crippen molar-refractivity contribution in [3.63, 3.8) is 0 Å². The zero-order valence-corrected chi connectivity index (χ0v) is 32.9. The molecule has 2 N–H and O–H groups in total. The summed E-state index contributed by atoms with van der Waals surface area (Å²) in [5, 5.41) is 26.4. The molecule has 2 atom stereocenters. The first-order chi connectivity index (χ1) is 24.1. The van der Waals surface area contributed by atoms with E-state index in [-0.39, 0.29) is 10.1 Å². The molecule has 1 heterocycles. The van der Waals surface area contributed by atoms with Crippen molar-refractivity contribution >= 4 is 37.4 Å². The SMILES string of the molecule is CC1(C)O[C@@H](CO)[C@H](C(O)(C#CO[Si](c2ccccc2)(c2ccccc2)C(C)(C)C)C#CO[Si](c2ccccc2)(c2ccccc2)C(C)(C)C)O1. The molecule has 5 rings (SSSR count). The summed E-state index contributed by atoms with van der Waals surface area (Å²) in [7, 11) is -6.19. The lowest BCUT2D eigenvalue weighted by atomic mass is 9.94. The lowest BCUT2D eigenvalue weighted by molar-refractivity contribution is -0.158. The summed E-state index contributed by atoms with van der Waals surface area (Å²) in [5.41, 5.74) is -2.15. The van der Waals surface area contributed by atoms with Crippen molar-refractivity contribution in [2.24, 2.45) is 0 Å². The predicted molar refractivity (Wildman–Crippen MR) is 209 cm³/mol. The van der Waals surface area contributed by atoms with Crippen LogP contribution in [-0.4, -0.2) is 57.1 Å². The summed E-state index contributed by atoms with van der Waals surface area (Å²) in [6.45, 7) is 16.0. The van der Waals surface area contributed by atoms with Gasteiger partial charge in [0.1, 0.15) is 12.2 Å². The van der Waals surface area contributed by atoms with E-state index in [1.54, 1.807) is 13.8 Å². The Kier molecular flexibility index (Phi) is 11.1. The molecular formula is C43H50O6Si2. The van der Waals surface area contributed by atoms with Gasteiger partial charge in [0.25, 0.3) is 0 Å². The maximum Gasteiger partial charge on any atom is 0.332 e. The molecular weight excluding hydrogens is 669 g/mol. The van der Waals surface area contributed by atoms with Crippen molar-refractivity contribution in [2.75, 3.05) is 6.61 Å². The Balaban J connectivity index is 1.67. The van der Waals surface area contributed by atoms with Crippen molar-refractivity contribution < 1.29 is 28.5 Å². The fourth-order valence-corrected chi connectivity index (χ4v) is 15.4. The largest absolute Gasteiger partial charge is 0.489 e. The molecule has 0 aromatic heterocycles. The molecule has 6 nitrogen and oxygen atoms in total. The van der Waals surface area contributed by atoms with Crippen molar-refractivity contribution in [3.05, 3.63) is 121 Å².